The standard InChI is InChI=1S/C19H23FN4O3/c1-11-6-7-23-18(11)19(21-10-24(23)26-9-13(3)25)27-16-5-4-15-14(17(16)20)8-12(2)22-15/h4-8,13,19,21-22,25H,9-10H2,1-3H3/t13-,19?/m1/s1. The quantitative estimate of drug-likeness (QED) is 0.640. The summed E-state index contributed by atoms with van der Waals surface area (Å²) < 4.78 is 22.7. The first kappa shape index (κ1) is 17.8. The summed E-state index contributed by atoms with van der Waals surface area (Å²) in [4.78, 5) is 8.74. The van der Waals surface area contributed by atoms with Crippen LogP contribution in [0.5, 0.6) is 5.75 Å². The highest BCUT2D eigenvalue weighted by Gasteiger charge is 2.29. The zero-order chi connectivity index (χ0) is 19.1. The molecular weight excluding hydrogens is 351 g/mol. The number of halogens is 1. The number of ether oxygens (including phenoxy) is 1. The van der Waals surface area contributed by atoms with E-state index < -0.39 is 12.3 Å². The topological polar surface area (TPSA) is 74.7 Å². The number of nitrogens with zero attached hydrogens (tertiary/aromatic N) is 2. The van der Waals surface area contributed by atoms with Crippen LogP contribution in [-0.2, 0) is 4.84 Å². The molecule has 1 aliphatic heterocycles. The van der Waals surface area contributed by atoms with Gasteiger partial charge in [0.1, 0.15) is 19.0 Å². The van der Waals surface area contributed by atoms with Crippen LogP contribution < -0.4 is 15.2 Å². The molecule has 4 rings (SSSR count). The molecule has 1 aliphatic rings. The maximum absolute atomic E-state index is 14.9. The van der Waals surface area contributed by atoms with Crippen LogP contribution in [0.2, 0.25) is 0 Å². The fraction of sp³-hybridized carbons (Fsp3) is 0.368. The monoisotopic (exact) mass is 374 g/mol. The molecule has 8 heteroatoms. The molecule has 0 spiro atoms. The fourth-order valence-electron chi connectivity index (χ4n) is 3.29. The maximum atomic E-state index is 14.9. The lowest BCUT2D eigenvalue weighted by Gasteiger charge is -2.36. The van der Waals surface area contributed by atoms with Crippen LogP contribution in [0.25, 0.3) is 10.9 Å². The minimum Gasteiger partial charge on any atom is -0.466 e. The molecule has 144 valence electrons. The Bertz CT molecular complexity index is 965. The molecule has 7 nitrogen and oxygen atoms in total. The van der Waals surface area contributed by atoms with E-state index in [1.807, 2.05) is 36.9 Å². The zero-order valence-corrected chi connectivity index (χ0v) is 15.5. The maximum Gasteiger partial charge on any atom is 0.195 e. The number of H-pyrrole nitrogens is 1. The van der Waals surface area contributed by atoms with E-state index in [1.165, 1.54) is 0 Å². The van der Waals surface area contributed by atoms with Crippen molar-refractivity contribution >= 4 is 10.9 Å². The molecule has 0 bridgehead atoms. The van der Waals surface area contributed by atoms with Crippen LogP contribution in [0.15, 0.2) is 30.5 Å². The number of fused-ring (bicyclic) bond motifs is 2. The average molecular weight is 374 g/mol. The normalized spacial score (nSPS) is 18.0. The molecule has 3 aromatic rings. The number of aryl methyl sites for hydroxylation is 2. The molecule has 1 unspecified atom stereocenters. The lowest BCUT2D eigenvalue weighted by Crippen LogP contribution is -2.51. The van der Waals surface area contributed by atoms with Gasteiger partial charge in [0.15, 0.2) is 17.8 Å². The van der Waals surface area contributed by atoms with Crippen molar-refractivity contribution in [2.24, 2.45) is 0 Å². The van der Waals surface area contributed by atoms with Crippen LogP contribution in [0.3, 0.4) is 0 Å². The lowest BCUT2D eigenvalue weighted by molar-refractivity contribution is -0.0235. The molecule has 2 atom stereocenters. The van der Waals surface area contributed by atoms with Gasteiger partial charge in [-0.2, -0.15) is 5.17 Å². The Kier molecular flexibility index (Phi) is 4.55. The number of aliphatic hydroxyl groups excluding tert-OH is 1. The van der Waals surface area contributed by atoms with Gasteiger partial charge in [0.2, 0.25) is 0 Å². The smallest absolute Gasteiger partial charge is 0.195 e. The molecule has 0 radical (unpaired) electrons. The first-order valence-corrected chi connectivity index (χ1v) is 8.88. The Morgan fingerprint density at radius 2 is 2.15 bits per heavy atom. The van der Waals surface area contributed by atoms with Crippen molar-refractivity contribution in [2.45, 2.75) is 33.1 Å². The lowest BCUT2D eigenvalue weighted by atomic mass is 10.2. The minimum atomic E-state index is -0.579. The van der Waals surface area contributed by atoms with Crippen molar-refractivity contribution in [1.82, 2.24) is 15.0 Å². The Labute approximate surface area is 156 Å². The molecule has 2 aromatic heterocycles. The summed E-state index contributed by atoms with van der Waals surface area (Å²) in [5.74, 6) is -0.202. The van der Waals surface area contributed by atoms with E-state index in [-0.39, 0.29) is 18.2 Å². The van der Waals surface area contributed by atoms with Gasteiger partial charge in [-0.15, -0.1) is 0 Å². The fourth-order valence-corrected chi connectivity index (χ4v) is 3.29. The number of benzene rings is 1. The predicted octanol–water partition coefficient (Wildman–Crippen LogP) is 2.61. The summed E-state index contributed by atoms with van der Waals surface area (Å²) in [5.41, 5.74) is 3.44. The van der Waals surface area contributed by atoms with Gasteiger partial charge < -0.3 is 14.8 Å². The van der Waals surface area contributed by atoms with Gasteiger partial charge in [0, 0.05) is 22.8 Å². The number of aromatic amines is 1. The van der Waals surface area contributed by atoms with Gasteiger partial charge >= 0.3 is 0 Å². The predicted molar refractivity (Wildman–Crippen MR) is 99.4 cm³/mol. The summed E-state index contributed by atoms with van der Waals surface area (Å²) in [5, 5.41) is 14.8. The Morgan fingerprint density at radius 3 is 2.93 bits per heavy atom. The van der Waals surface area contributed by atoms with Crippen molar-refractivity contribution < 1.29 is 19.1 Å². The van der Waals surface area contributed by atoms with Gasteiger partial charge in [-0.3, -0.25) is 10.2 Å². The van der Waals surface area contributed by atoms with Gasteiger partial charge in [-0.25, -0.2) is 9.07 Å². The van der Waals surface area contributed by atoms with Crippen molar-refractivity contribution in [3.05, 3.63) is 53.2 Å². The largest absolute Gasteiger partial charge is 0.466 e. The van der Waals surface area contributed by atoms with Crippen LogP contribution in [0.4, 0.5) is 4.39 Å². The highest BCUT2D eigenvalue weighted by atomic mass is 19.1. The molecular formula is C19H23FN4O3. The number of hydrogen-bond donors (Lipinski definition) is 3. The third-order valence-corrected chi connectivity index (χ3v) is 4.56. The van der Waals surface area contributed by atoms with Gasteiger partial charge in [0.25, 0.3) is 0 Å². The number of nitrogens with one attached hydrogen (secondary N) is 2. The Hall–Kier alpha value is -2.55. The Balaban J connectivity index is 1.62. The molecule has 0 saturated heterocycles. The van der Waals surface area contributed by atoms with E-state index in [4.69, 9.17) is 9.57 Å². The third kappa shape index (κ3) is 3.27. The van der Waals surface area contributed by atoms with E-state index in [0.717, 1.165) is 22.5 Å². The van der Waals surface area contributed by atoms with Crippen LogP contribution in [0.1, 0.15) is 30.1 Å². The molecule has 3 N–H and O–H groups in total. The summed E-state index contributed by atoms with van der Waals surface area (Å²) >= 11 is 0. The number of hydroxylamine groups is 1. The highest BCUT2D eigenvalue weighted by Crippen LogP contribution is 2.31. The van der Waals surface area contributed by atoms with Crippen LogP contribution in [-0.4, -0.2) is 34.1 Å². The van der Waals surface area contributed by atoms with Gasteiger partial charge in [-0.1, -0.05) is 0 Å². The van der Waals surface area contributed by atoms with Crippen LogP contribution in [0, 0.1) is 19.7 Å². The van der Waals surface area contributed by atoms with Crippen molar-refractivity contribution in [3.63, 3.8) is 0 Å². The Morgan fingerprint density at radius 1 is 1.33 bits per heavy atom. The summed E-state index contributed by atoms with van der Waals surface area (Å²) in [6.07, 6.45) is 0.752. The number of aromatic nitrogens is 2. The molecule has 0 aliphatic carbocycles. The number of rotatable bonds is 5. The molecule has 0 amide bonds. The summed E-state index contributed by atoms with van der Waals surface area (Å²) in [6, 6.07) is 7.15. The second-order valence-electron chi connectivity index (χ2n) is 6.88. The van der Waals surface area contributed by atoms with Crippen molar-refractivity contribution in [1.29, 1.82) is 0 Å². The molecule has 0 saturated carbocycles. The van der Waals surface area contributed by atoms with Crippen LogP contribution >= 0.6 is 0 Å². The summed E-state index contributed by atoms with van der Waals surface area (Å²) in [7, 11) is 0. The third-order valence-electron chi connectivity index (χ3n) is 4.56. The van der Waals surface area contributed by atoms with E-state index in [0.29, 0.717) is 12.1 Å². The molecule has 0 fully saturated rings. The zero-order valence-electron chi connectivity index (χ0n) is 15.5. The number of aliphatic hydroxyl groups is 1. The molecule has 3 heterocycles. The minimum absolute atomic E-state index is 0.169. The van der Waals surface area contributed by atoms with E-state index in [1.54, 1.807) is 24.2 Å². The number of hydrogen-bond acceptors (Lipinski definition) is 5. The van der Waals surface area contributed by atoms with E-state index >= 15 is 0 Å². The van der Waals surface area contributed by atoms with E-state index in [9.17, 15) is 9.50 Å². The van der Waals surface area contributed by atoms with Crippen molar-refractivity contribution in [2.75, 3.05) is 18.4 Å². The van der Waals surface area contributed by atoms with Crippen molar-refractivity contribution in [3.8, 4) is 5.75 Å². The first-order chi connectivity index (χ1) is 12.9. The SMILES string of the molecule is Cc1cc2c(F)c(OC3NCN(OC[C@@H](C)O)n4ccc(C)c43)ccc2[nH]1. The second kappa shape index (κ2) is 6.88. The molecule has 27 heavy (non-hydrogen) atoms. The van der Waals surface area contributed by atoms with E-state index in [2.05, 4.69) is 10.3 Å². The molecule has 1 aromatic carbocycles. The van der Waals surface area contributed by atoms with Gasteiger partial charge in [-0.05, 0) is 50.6 Å². The van der Waals surface area contributed by atoms with Gasteiger partial charge in [0.05, 0.1) is 6.10 Å². The average Bonchev–Trinajstić information content (AvgIpc) is 3.20. The second-order valence-corrected chi connectivity index (χ2v) is 6.88. The summed E-state index contributed by atoms with van der Waals surface area (Å²) in [6.45, 7) is 6.00. The highest BCUT2D eigenvalue weighted by molar-refractivity contribution is 5.82. The first-order valence-electron chi connectivity index (χ1n) is 8.88.